The second-order valence-electron chi connectivity index (χ2n) is 2.80. The molecule has 0 saturated heterocycles. The number of allylic oxidation sites excluding steroid dienone is 3. The van der Waals surface area contributed by atoms with E-state index >= 15 is 0 Å². The Kier molecular flexibility index (Phi) is 4.75. The van der Waals surface area contributed by atoms with Gasteiger partial charge in [0.2, 0.25) is 0 Å². The molecule has 0 aliphatic carbocycles. The average Bonchev–Trinajstić information content (AvgIpc) is 1.97. The maximum atomic E-state index is 3.97. The smallest absolute Gasteiger partial charge is 0.0689 e. The van der Waals surface area contributed by atoms with Crippen LogP contribution in [-0.4, -0.2) is 6.21 Å². The molecule has 0 radical (unpaired) electrons. The Bertz CT molecular complexity index is 273. The quantitative estimate of drug-likeness (QED) is 0.342. The minimum absolute atomic E-state index is 0.932. The minimum atomic E-state index is 0.932. The lowest BCUT2D eigenvalue weighted by Crippen LogP contribution is -1.72. The molecule has 0 fully saturated rings. The van der Waals surface area contributed by atoms with Gasteiger partial charge in [-0.3, -0.25) is 4.99 Å². The van der Waals surface area contributed by atoms with Gasteiger partial charge in [-0.2, -0.15) is 0 Å². The van der Waals surface area contributed by atoms with E-state index in [1.807, 2.05) is 20.8 Å². The zero-order valence-electron chi connectivity index (χ0n) is 8.02. The van der Waals surface area contributed by atoms with Crippen molar-refractivity contribution in [2.75, 3.05) is 0 Å². The highest BCUT2D eigenvalue weighted by molar-refractivity contribution is 5.77. The first-order valence-electron chi connectivity index (χ1n) is 3.80. The molecule has 0 aliphatic rings. The summed E-state index contributed by atoms with van der Waals surface area (Å²) in [4.78, 5) is 3.97. The van der Waals surface area contributed by atoms with E-state index in [-0.39, 0.29) is 0 Å². The van der Waals surface area contributed by atoms with E-state index in [1.54, 1.807) is 12.4 Å². The van der Waals surface area contributed by atoms with Gasteiger partial charge in [-0.1, -0.05) is 18.9 Å². The Morgan fingerprint density at radius 1 is 1.25 bits per heavy atom. The number of aliphatic imine (C=N–C) groups is 1. The molecular weight excluding hydrogens is 146 g/mol. The standard InChI is InChI=1S/C11H15N/c1-9(2)8-12-7-6-11(5)10(3)4/h7-8H,1,3H2,2,4-5H3. The molecule has 0 aromatic heterocycles. The Morgan fingerprint density at radius 2 is 1.83 bits per heavy atom. The number of nitrogens with zero attached hydrogens (tertiary/aromatic N) is 1. The first kappa shape index (κ1) is 10.7. The van der Waals surface area contributed by atoms with Crippen LogP contribution in [-0.2, 0) is 0 Å². The van der Waals surface area contributed by atoms with Crippen molar-refractivity contribution in [2.24, 2.45) is 4.99 Å². The van der Waals surface area contributed by atoms with Gasteiger partial charge >= 0.3 is 0 Å². The van der Waals surface area contributed by atoms with E-state index in [1.165, 1.54) is 0 Å². The highest BCUT2D eigenvalue weighted by Crippen LogP contribution is 2.01. The van der Waals surface area contributed by atoms with Crippen LogP contribution < -0.4 is 0 Å². The molecule has 0 rings (SSSR count). The van der Waals surface area contributed by atoms with Gasteiger partial charge in [0.15, 0.2) is 0 Å². The Hall–Kier alpha value is -1.33. The van der Waals surface area contributed by atoms with E-state index in [4.69, 9.17) is 0 Å². The molecule has 0 aromatic rings. The minimum Gasteiger partial charge on any atom is -0.256 e. The molecule has 1 nitrogen and oxygen atoms in total. The molecule has 12 heavy (non-hydrogen) atoms. The van der Waals surface area contributed by atoms with Crippen molar-refractivity contribution in [3.63, 3.8) is 0 Å². The summed E-state index contributed by atoms with van der Waals surface area (Å²) < 4.78 is 0. The molecule has 0 atom stereocenters. The van der Waals surface area contributed by atoms with Gasteiger partial charge in [-0.25, -0.2) is 0 Å². The van der Waals surface area contributed by atoms with Gasteiger partial charge in [0.1, 0.15) is 0 Å². The van der Waals surface area contributed by atoms with Gasteiger partial charge < -0.3 is 0 Å². The number of hydrogen-bond acceptors (Lipinski definition) is 1. The first-order valence-corrected chi connectivity index (χ1v) is 3.80. The van der Waals surface area contributed by atoms with E-state index in [2.05, 4.69) is 23.9 Å². The van der Waals surface area contributed by atoms with Crippen LogP contribution in [0.1, 0.15) is 20.8 Å². The zero-order chi connectivity index (χ0) is 9.56. The third-order valence-electron chi connectivity index (χ3n) is 1.29. The van der Waals surface area contributed by atoms with E-state index < -0.39 is 0 Å². The molecule has 0 spiro atoms. The summed E-state index contributed by atoms with van der Waals surface area (Å²) in [7, 11) is 0. The molecular formula is C11H15N. The largest absolute Gasteiger partial charge is 0.256 e. The van der Waals surface area contributed by atoms with E-state index in [0.717, 1.165) is 16.7 Å². The van der Waals surface area contributed by atoms with Crippen molar-refractivity contribution in [2.45, 2.75) is 20.8 Å². The van der Waals surface area contributed by atoms with Crippen LogP contribution >= 0.6 is 0 Å². The second kappa shape index (κ2) is 5.34. The highest BCUT2D eigenvalue weighted by Gasteiger charge is 1.82. The molecule has 0 aromatic carbocycles. The lowest BCUT2D eigenvalue weighted by molar-refractivity contribution is 1.37. The monoisotopic (exact) mass is 161 g/mol. The predicted molar refractivity (Wildman–Crippen MR) is 55.4 cm³/mol. The Morgan fingerprint density at radius 3 is 2.25 bits per heavy atom. The fraction of sp³-hybridized carbons (Fsp3) is 0.273. The summed E-state index contributed by atoms with van der Waals surface area (Å²) >= 11 is 0. The normalized spacial score (nSPS) is 9.25. The third-order valence-corrected chi connectivity index (χ3v) is 1.29. The summed E-state index contributed by atoms with van der Waals surface area (Å²) in [5, 5.41) is 0. The molecule has 0 saturated carbocycles. The Labute approximate surface area is 74.5 Å². The van der Waals surface area contributed by atoms with Crippen LogP contribution in [0.5, 0.6) is 0 Å². The van der Waals surface area contributed by atoms with Gasteiger partial charge in [0, 0.05) is 6.21 Å². The van der Waals surface area contributed by atoms with E-state index in [0.29, 0.717) is 0 Å². The average molecular weight is 161 g/mol. The molecule has 0 heterocycles. The van der Waals surface area contributed by atoms with E-state index in [9.17, 15) is 0 Å². The highest BCUT2D eigenvalue weighted by atomic mass is 14.7. The topological polar surface area (TPSA) is 12.4 Å². The van der Waals surface area contributed by atoms with Crippen LogP contribution in [0.25, 0.3) is 0 Å². The molecule has 0 unspecified atom stereocenters. The lowest BCUT2D eigenvalue weighted by Gasteiger charge is -1.89. The summed E-state index contributed by atoms with van der Waals surface area (Å²) in [6, 6.07) is 0. The number of hydrogen-bond donors (Lipinski definition) is 0. The fourth-order valence-electron chi connectivity index (χ4n) is 0.422. The van der Waals surface area contributed by atoms with Crippen molar-refractivity contribution in [3.8, 4) is 0 Å². The molecule has 1 heteroatoms. The van der Waals surface area contributed by atoms with Crippen molar-refractivity contribution in [1.29, 1.82) is 0 Å². The van der Waals surface area contributed by atoms with Crippen LogP contribution in [0.4, 0.5) is 0 Å². The van der Waals surface area contributed by atoms with Crippen LogP contribution in [0.15, 0.2) is 46.8 Å². The maximum absolute atomic E-state index is 3.97. The van der Waals surface area contributed by atoms with Gasteiger partial charge in [-0.05, 0) is 37.5 Å². The molecule has 0 bridgehead atoms. The van der Waals surface area contributed by atoms with Crippen LogP contribution in [0, 0.1) is 0 Å². The predicted octanol–water partition coefficient (Wildman–Crippen LogP) is 3.27. The summed E-state index contributed by atoms with van der Waals surface area (Å²) in [6.45, 7) is 13.3. The first-order chi connectivity index (χ1) is 5.54. The van der Waals surface area contributed by atoms with Crippen molar-refractivity contribution < 1.29 is 0 Å². The third kappa shape index (κ3) is 5.45. The maximum Gasteiger partial charge on any atom is 0.0689 e. The SMILES string of the molecule is C=C(C)C=NC=C=C(C)C(=C)C. The summed E-state index contributed by atoms with van der Waals surface area (Å²) in [5.74, 6) is 0. The zero-order valence-corrected chi connectivity index (χ0v) is 8.02. The van der Waals surface area contributed by atoms with Gasteiger partial charge in [-0.15, -0.1) is 0 Å². The Balaban J connectivity index is 4.33. The molecule has 64 valence electrons. The molecule has 0 N–H and O–H groups in total. The number of rotatable bonds is 3. The summed E-state index contributed by atoms with van der Waals surface area (Å²) in [5.41, 5.74) is 5.96. The van der Waals surface area contributed by atoms with Crippen LogP contribution in [0.2, 0.25) is 0 Å². The molecule has 0 aliphatic heterocycles. The van der Waals surface area contributed by atoms with Gasteiger partial charge in [0.05, 0.1) is 6.20 Å². The van der Waals surface area contributed by atoms with Crippen LogP contribution in [0.3, 0.4) is 0 Å². The van der Waals surface area contributed by atoms with Crippen molar-refractivity contribution in [3.05, 3.63) is 41.8 Å². The fourth-order valence-corrected chi connectivity index (χ4v) is 0.422. The molecule has 0 amide bonds. The lowest BCUT2D eigenvalue weighted by atomic mass is 10.2. The van der Waals surface area contributed by atoms with Crippen molar-refractivity contribution >= 4 is 6.21 Å². The van der Waals surface area contributed by atoms with Crippen molar-refractivity contribution in [1.82, 2.24) is 0 Å². The second-order valence-corrected chi connectivity index (χ2v) is 2.80. The summed E-state index contributed by atoms with van der Waals surface area (Å²) in [6.07, 6.45) is 3.32. The van der Waals surface area contributed by atoms with Gasteiger partial charge in [0.25, 0.3) is 0 Å².